The van der Waals surface area contributed by atoms with Gasteiger partial charge in [0.05, 0.1) is 6.10 Å². The van der Waals surface area contributed by atoms with Crippen LogP contribution in [0, 0.1) is 23.2 Å². The predicted molar refractivity (Wildman–Crippen MR) is 65.5 cm³/mol. The van der Waals surface area contributed by atoms with Crippen molar-refractivity contribution in [1.29, 1.82) is 5.26 Å². The van der Waals surface area contributed by atoms with Gasteiger partial charge in [-0.1, -0.05) is 13.8 Å². The van der Waals surface area contributed by atoms with Crippen molar-refractivity contribution in [1.82, 2.24) is 4.98 Å². The van der Waals surface area contributed by atoms with Gasteiger partial charge in [0.15, 0.2) is 0 Å². The molecule has 0 saturated heterocycles. The van der Waals surface area contributed by atoms with Gasteiger partial charge in [-0.05, 0) is 37.2 Å². The van der Waals surface area contributed by atoms with Crippen molar-refractivity contribution in [3.63, 3.8) is 0 Å². The molecule has 3 nitrogen and oxygen atoms in total. The van der Waals surface area contributed by atoms with E-state index in [1.807, 2.05) is 12.1 Å². The Kier molecular flexibility index (Phi) is 3.63. The largest absolute Gasteiger partial charge is 0.490 e. The molecule has 0 N–H and O–H groups in total. The van der Waals surface area contributed by atoms with E-state index >= 15 is 0 Å². The molecule has 1 aromatic rings. The zero-order valence-corrected chi connectivity index (χ0v) is 10.4. The van der Waals surface area contributed by atoms with Crippen LogP contribution in [0.2, 0.25) is 0 Å². The standard InChI is InChI=1S/C14H18N2O/c1-10-3-4-13(7-11(10)2)17-14-5-6-16-12(8-14)9-15/h5-6,8,10-11,13H,3-4,7H2,1-2H3. The maximum Gasteiger partial charge on any atom is 0.144 e. The summed E-state index contributed by atoms with van der Waals surface area (Å²) in [6, 6.07) is 5.56. The lowest BCUT2D eigenvalue weighted by molar-refractivity contribution is 0.100. The molecule has 3 unspecified atom stereocenters. The molecule has 3 atom stereocenters. The Bertz CT molecular complexity index is 424. The van der Waals surface area contributed by atoms with E-state index in [1.165, 1.54) is 6.42 Å². The zero-order valence-electron chi connectivity index (χ0n) is 10.4. The lowest BCUT2D eigenvalue weighted by Gasteiger charge is -2.32. The highest BCUT2D eigenvalue weighted by atomic mass is 16.5. The first-order valence-corrected chi connectivity index (χ1v) is 6.22. The van der Waals surface area contributed by atoms with Crippen LogP contribution in [-0.2, 0) is 0 Å². The lowest BCUT2D eigenvalue weighted by atomic mass is 9.80. The van der Waals surface area contributed by atoms with Gasteiger partial charge in [-0.25, -0.2) is 4.98 Å². The van der Waals surface area contributed by atoms with E-state index in [2.05, 4.69) is 18.8 Å². The average Bonchev–Trinajstić information content (AvgIpc) is 2.34. The molecule has 0 bridgehead atoms. The van der Waals surface area contributed by atoms with Gasteiger partial charge in [-0.2, -0.15) is 5.26 Å². The van der Waals surface area contributed by atoms with Crippen molar-refractivity contribution in [2.75, 3.05) is 0 Å². The molecule has 0 radical (unpaired) electrons. The quantitative estimate of drug-likeness (QED) is 0.784. The van der Waals surface area contributed by atoms with Gasteiger partial charge < -0.3 is 4.74 Å². The molecule has 1 aliphatic carbocycles. The summed E-state index contributed by atoms with van der Waals surface area (Å²) in [5, 5.41) is 8.78. The Morgan fingerprint density at radius 3 is 2.88 bits per heavy atom. The van der Waals surface area contributed by atoms with Gasteiger partial charge in [0, 0.05) is 12.3 Å². The average molecular weight is 230 g/mol. The summed E-state index contributed by atoms with van der Waals surface area (Å²) in [5.41, 5.74) is 0.416. The van der Waals surface area contributed by atoms with Crippen molar-refractivity contribution in [3.05, 3.63) is 24.0 Å². The molecule has 3 heteroatoms. The van der Waals surface area contributed by atoms with Gasteiger partial charge in [0.1, 0.15) is 17.5 Å². The monoisotopic (exact) mass is 230 g/mol. The summed E-state index contributed by atoms with van der Waals surface area (Å²) in [5.74, 6) is 2.27. The molecule has 90 valence electrons. The van der Waals surface area contributed by atoms with Crippen LogP contribution >= 0.6 is 0 Å². The van der Waals surface area contributed by atoms with E-state index < -0.39 is 0 Å². The third kappa shape index (κ3) is 2.97. The molecule has 1 heterocycles. The van der Waals surface area contributed by atoms with Crippen LogP contribution in [0.3, 0.4) is 0 Å². The van der Waals surface area contributed by atoms with Crippen LogP contribution in [0.4, 0.5) is 0 Å². The van der Waals surface area contributed by atoms with Crippen LogP contribution in [0.5, 0.6) is 5.75 Å². The van der Waals surface area contributed by atoms with E-state index in [0.717, 1.165) is 24.5 Å². The van der Waals surface area contributed by atoms with E-state index in [0.29, 0.717) is 11.6 Å². The first kappa shape index (κ1) is 11.9. The van der Waals surface area contributed by atoms with Crippen molar-refractivity contribution in [2.24, 2.45) is 11.8 Å². The first-order chi connectivity index (χ1) is 8.19. The molecular weight excluding hydrogens is 212 g/mol. The van der Waals surface area contributed by atoms with Gasteiger partial charge in [0.2, 0.25) is 0 Å². The summed E-state index contributed by atoms with van der Waals surface area (Å²) in [6.45, 7) is 4.59. The normalized spacial score (nSPS) is 28.4. The molecule has 0 spiro atoms. The highest BCUT2D eigenvalue weighted by Crippen LogP contribution is 2.31. The van der Waals surface area contributed by atoms with Crippen LogP contribution in [0.25, 0.3) is 0 Å². The number of pyridine rings is 1. The van der Waals surface area contributed by atoms with Crippen molar-refractivity contribution in [3.8, 4) is 11.8 Å². The van der Waals surface area contributed by atoms with E-state index in [-0.39, 0.29) is 6.10 Å². The minimum absolute atomic E-state index is 0.287. The highest BCUT2D eigenvalue weighted by molar-refractivity contribution is 5.29. The molecule has 0 aromatic carbocycles. The number of rotatable bonds is 2. The molecular formula is C14H18N2O. The Morgan fingerprint density at radius 2 is 2.18 bits per heavy atom. The zero-order chi connectivity index (χ0) is 12.3. The Balaban J connectivity index is 1.99. The summed E-state index contributed by atoms with van der Waals surface area (Å²) >= 11 is 0. The predicted octanol–water partition coefficient (Wildman–Crippen LogP) is 3.16. The summed E-state index contributed by atoms with van der Waals surface area (Å²) in [6.07, 6.45) is 5.35. The van der Waals surface area contributed by atoms with Gasteiger partial charge in [-0.3, -0.25) is 0 Å². The van der Waals surface area contributed by atoms with Crippen LogP contribution in [0.1, 0.15) is 38.8 Å². The third-order valence-electron chi connectivity index (χ3n) is 3.70. The fraction of sp³-hybridized carbons (Fsp3) is 0.571. The Morgan fingerprint density at radius 1 is 1.35 bits per heavy atom. The Labute approximate surface area is 102 Å². The molecule has 1 aliphatic rings. The topological polar surface area (TPSA) is 45.9 Å². The van der Waals surface area contributed by atoms with Crippen LogP contribution < -0.4 is 4.74 Å². The van der Waals surface area contributed by atoms with E-state index in [4.69, 9.17) is 10.00 Å². The second kappa shape index (κ2) is 5.18. The third-order valence-corrected chi connectivity index (χ3v) is 3.70. The maximum absolute atomic E-state index is 8.78. The molecule has 0 aliphatic heterocycles. The minimum Gasteiger partial charge on any atom is -0.490 e. The van der Waals surface area contributed by atoms with E-state index in [9.17, 15) is 0 Å². The molecule has 1 saturated carbocycles. The summed E-state index contributed by atoms with van der Waals surface area (Å²) in [7, 11) is 0. The fourth-order valence-electron chi connectivity index (χ4n) is 2.34. The molecule has 17 heavy (non-hydrogen) atoms. The van der Waals surface area contributed by atoms with Crippen LogP contribution in [0.15, 0.2) is 18.3 Å². The second-order valence-corrected chi connectivity index (χ2v) is 5.00. The first-order valence-electron chi connectivity index (χ1n) is 6.22. The number of nitriles is 1. The fourth-order valence-corrected chi connectivity index (χ4v) is 2.34. The minimum atomic E-state index is 0.287. The summed E-state index contributed by atoms with van der Waals surface area (Å²) in [4.78, 5) is 3.94. The number of ether oxygens (including phenoxy) is 1. The number of hydrogen-bond donors (Lipinski definition) is 0. The van der Waals surface area contributed by atoms with E-state index in [1.54, 1.807) is 12.3 Å². The summed E-state index contributed by atoms with van der Waals surface area (Å²) < 4.78 is 5.93. The molecule has 1 aromatic heterocycles. The lowest BCUT2D eigenvalue weighted by Crippen LogP contribution is -2.28. The maximum atomic E-state index is 8.78. The Hall–Kier alpha value is -1.56. The van der Waals surface area contributed by atoms with Gasteiger partial charge in [0.25, 0.3) is 0 Å². The SMILES string of the molecule is CC1CCC(Oc2ccnc(C#N)c2)CC1C. The second-order valence-electron chi connectivity index (χ2n) is 5.00. The molecule has 2 rings (SSSR count). The van der Waals surface area contributed by atoms with Crippen molar-refractivity contribution < 1.29 is 4.74 Å². The number of nitrogens with zero attached hydrogens (tertiary/aromatic N) is 2. The molecule has 1 fully saturated rings. The smallest absolute Gasteiger partial charge is 0.144 e. The van der Waals surface area contributed by atoms with Gasteiger partial charge in [-0.15, -0.1) is 0 Å². The van der Waals surface area contributed by atoms with Crippen molar-refractivity contribution >= 4 is 0 Å². The molecule has 0 amide bonds. The highest BCUT2D eigenvalue weighted by Gasteiger charge is 2.25. The van der Waals surface area contributed by atoms with Crippen molar-refractivity contribution in [2.45, 2.75) is 39.2 Å². The number of aromatic nitrogens is 1. The number of hydrogen-bond acceptors (Lipinski definition) is 3. The van der Waals surface area contributed by atoms with Crippen LogP contribution in [-0.4, -0.2) is 11.1 Å². The van der Waals surface area contributed by atoms with Gasteiger partial charge >= 0.3 is 0 Å².